The average Bonchev–Trinajstić information content (AvgIpc) is 2.63. The van der Waals surface area contributed by atoms with Crippen LogP contribution in [-0.4, -0.2) is 43.4 Å². The Hall–Kier alpha value is -1.63. The summed E-state index contributed by atoms with van der Waals surface area (Å²) in [5.74, 6) is 0. The van der Waals surface area contributed by atoms with E-state index in [0.29, 0.717) is 5.11 Å². The molecule has 6 heteroatoms. The molecule has 0 bridgehead atoms. The number of morpholine rings is 1. The molecule has 1 aliphatic rings. The molecule has 1 saturated heterocycles. The van der Waals surface area contributed by atoms with Gasteiger partial charge in [0.05, 0.1) is 13.2 Å². The van der Waals surface area contributed by atoms with Gasteiger partial charge in [0, 0.05) is 42.5 Å². The fourth-order valence-corrected chi connectivity index (χ4v) is 3.35. The Bertz CT molecular complexity index is 717. The molecule has 3 rings (SSSR count). The topological polar surface area (TPSA) is 27.7 Å². The molecule has 1 N–H and O–H groups in total. The Kier molecular flexibility index (Phi) is 6.29. The van der Waals surface area contributed by atoms with Gasteiger partial charge < -0.3 is 19.9 Å². The fourth-order valence-electron chi connectivity index (χ4n) is 2.76. The fraction of sp³-hybridized carbons (Fsp3) is 0.316. The van der Waals surface area contributed by atoms with Crippen LogP contribution in [0.25, 0.3) is 0 Å². The second-order valence-electron chi connectivity index (χ2n) is 6.06. The molecule has 1 fully saturated rings. The van der Waals surface area contributed by atoms with Crippen molar-refractivity contribution in [2.24, 2.45) is 0 Å². The Morgan fingerprint density at radius 2 is 1.92 bits per heavy atom. The molecule has 4 nitrogen and oxygen atoms in total. The molecule has 132 valence electrons. The van der Waals surface area contributed by atoms with Crippen molar-refractivity contribution in [1.29, 1.82) is 0 Å². The minimum atomic E-state index is 0.704. The van der Waals surface area contributed by atoms with Crippen LogP contribution in [0.1, 0.15) is 5.56 Å². The number of benzene rings is 2. The van der Waals surface area contributed by atoms with E-state index in [0.717, 1.165) is 43.0 Å². The molecule has 0 unspecified atom stereocenters. The zero-order valence-corrected chi connectivity index (χ0v) is 16.6. The Morgan fingerprint density at radius 3 is 2.60 bits per heavy atom. The van der Waals surface area contributed by atoms with Gasteiger partial charge in [-0.2, -0.15) is 0 Å². The van der Waals surface area contributed by atoms with Gasteiger partial charge in [0.25, 0.3) is 0 Å². The Labute approximate surface area is 162 Å². The lowest BCUT2D eigenvalue weighted by atomic mass is 10.2. The van der Waals surface area contributed by atoms with Gasteiger partial charge >= 0.3 is 0 Å². The smallest absolute Gasteiger partial charge is 0.173 e. The van der Waals surface area contributed by atoms with E-state index in [1.807, 2.05) is 36.2 Å². The van der Waals surface area contributed by atoms with Gasteiger partial charge in [0.2, 0.25) is 0 Å². The monoisotopic (exact) mass is 419 g/mol. The van der Waals surface area contributed by atoms with Crippen molar-refractivity contribution in [3.05, 3.63) is 58.6 Å². The zero-order valence-electron chi connectivity index (χ0n) is 14.2. The first-order valence-corrected chi connectivity index (χ1v) is 9.51. The quantitative estimate of drug-likeness (QED) is 0.752. The number of ether oxygens (including phenoxy) is 1. The third-order valence-corrected chi connectivity index (χ3v) is 5.06. The minimum Gasteiger partial charge on any atom is -0.378 e. The number of nitrogens with one attached hydrogen (secondary N) is 1. The van der Waals surface area contributed by atoms with Gasteiger partial charge in [-0.25, -0.2) is 0 Å². The molecule has 2 aromatic rings. The highest BCUT2D eigenvalue weighted by molar-refractivity contribution is 9.10. The molecule has 1 heterocycles. The SMILES string of the molecule is CN(Cc1ccc(N2CCOCC2)cc1)C(=S)Nc1cccc(Br)c1. The van der Waals surface area contributed by atoms with Gasteiger partial charge in [0.15, 0.2) is 5.11 Å². The van der Waals surface area contributed by atoms with Crippen molar-refractivity contribution < 1.29 is 4.74 Å². The van der Waals surface area contributed by atoms with E-state index in [9.17, 15) is 0 Å². The summed E-state index contributed by atoms with van der Waals surface area (Å²) in [4.78, 5) is 4.40. The van der Waals surface area contributed by atoms with Crippen LogP contribution in [0.4, 0.5) is 11.4 Å². The van der Waals surface area contributed by atoms with Gasteiger partial charge in [-0.15, -0.1) is 0 Å². The first kappa shape index (κ1) is 18.2. The summed E-state index contributed by atoms with van der Waals surface area (Å²) in [5, 5.41) is 3.98. The first-order valence-electron chi connectivity index (χ1n) is 8.31. The zero-order chi connectivity index (χ0) is 17.6. The molecule has 0 atom stereocenters. The molecule has 0 aromatic heterocycles. The maximum Gasteiger partial charge on any atom is 0.173 e. The molecular formula is C19H22BrN3OS. The second kappa shape index (κ2) is 8.65. The predicted molar refractivity (Wildman–Crippen MR) is 111 cm³/mol. The summed E-state index contributed by atoms with van der Waals surface area (Å²) < 4.78 is 6.44. The largest absolute Gasteiger partial charge is 0.378 e. The van der Waals surface area contributed by atoms with Crippen molar-refractivity contribution >= 4 is 44.6 Å². The number of thiocarbonyl (C=S) groups is 1. The number of anilines is 2. The van der Waals surface area contributed by atoms with Crippen molar-refractivity contribution in [1.82, 2.24) is 4.90 Å². The van der Waals surface area contributed by atoms with Gasteiger partial charge in [-0.05, 0) is 48.1 Å². The lowest BCUT2D eigenvalue weighted by Gasteiger charge is -2.29. The highest BCUT2D eigenvalue weighted by Crippen LogP contribution is 2.18. The summed E-state index contributed by atoms with van der Waals surface area (Å²) >= 11 is 8.98. The van der Waals surface area contributed by atoms with Crippen molar-refractivity contribution in [3.8, 4) is 0 Å². The number of halogens is 1. The van der Waals surface area contributed by atoms with Crippen LogP contribution in [0.3, 0.4) is 0 Å². The van der Waals surface area contributed by atoms with Crippen LogP contribution >= 0.6 is 28.1 Å². The van der Waals surface area contributed by atoms with Gasteiger partial charge in [0.1, 0.15) is 0 Å². The molecule has 25 heavy (non-hydrogen) atoms. The van der Waals surface area contributed by atoms with E-state index in [-0.39, 0.29) is 0 Å². The molecule has 0 aliphatic carbocycles. The normalized spacial score (nSPS) is 14.2. The van der Waals surface area contributed by atoms with Gasteiger partial charge in [-0.1, -0.05) is 34.1 Å². The van der Waals surface area contributed by atoms with E-state index in [2.05, 4.69) is 50.4 Å². The Balaban J connectivity index is 1.56. The molecule has 2 aromatic carbocycles. The number of nitrogens with zero attached hydrogens (tertiary/aromatic N) is 2. The standard InChI is InChI=1S/C19H22BrN3OS/c1-22(19(25)21-17-4-2-3-16(20)13-17)14-15-5-7-18(8-6-15)23-9-11-24-12-10-23/h2-8,13H,9-12,14H2,1H3,(H,21,25). The summed E-state index contributed by atoms with van der Waals surface area (Å²) in [7, 11) is 2.00. The molecule has 1 aliphatic heterocycles. The van der Waals surface area contributed by atoms with Crippen LogP contribution in [0.5, 0.6) is 0 Å². The molecule has 0 amide bonds. The van der Waals surface area contributed by atoms with Crippen molar-refractivity contribution in [2.45, 2.75) is 6.54 Å². The van der Waals surface area contributed by atoms with Crippen LogP contribution in [0.15, 0.2) is 53.0 Å². The predicted octanol–water partition coefficient (Wildman–Crippen LogP) is 4.11. The van der Waals surface area contributed by atoms with E-state index in [1.54, 1.807) is 0 Å². The molecule has 0 spiro atoms. The molecular weight excluding hydrogens is 398 g/mol. The van der Waals surface area contributed by atoms with Crippen LogP contribution < -0.4 is 10.2 Å². The lowest BCUT2D eigenvalue weighted by molar-refractivity contribution is 0.122. The van der Waals surface area contributed by atoms with E-state index >= 15 is 0 Å². The third kappa shape index (κ3) is 5.17. The lowest BCUT2D eigenvalue weighted by Crippen LogP contribution is -2.36. The molecule has 0 saturated carbocycles. The number of rotatable bonds is 4. The Morgan fingerprint density at radius 1 is 1.20 bits per heavy atom. The van der Waals surface area contributed by atoms with E-state index in [1.165, 1.54) is 11.3 Å². The summed E-state index contributed by atoms with van der Waals surface area (Å²) in [6.07, 6.45) is 0. The minimum absolute atomic E-state index is 0.704. The summed E-state index contributed by atoms with van der Waals surface area (Å²) in [6, 6.07) is 16.7. The first-order chi connectivity index (χ1) is 12.1. The van der Waals surface area contributed by atoms with Crippen molar-refractivity contribution in [3.63, 3.8) is 0 Å². The third-order valence-electron chi connectivity index (χ3n) is 4.15. The maximum absolute atomic E-state index is 5.51. The summed E-state index contributed by atoms with van der Waals surface area (Å²) in [6.45, 7) is 4.29. The highest BCUT2D eigenvalue weighted by Gasteiger charge is 2.11. The van der Waals surface area contributed by atoms with Gasteiger partial charge in [-0.3, -0.25) is 0 Å². The van der Waals surface area contributed by atoms with Crippen LogP contribution in [-0.2, 0) is 11.3 Å². The molecule has 0 radical (unpaired) electrons. The van der Waals surface area contributed by atoms with Crippen LogP contribution in [0, 0.1) is 0 Å². The second-order valence-corrected chi connectivity index (χ2v) is 7.36. The summed E-state index contributed by atoms with van der Waals surface area (Å²) in [5.41, 5.74) is 3.47. The average molecular weight is 420 g/mol. The number of hydrogen-bond donors (Lipinski definition) is 1. The highest BCUT2D eigenvalue weighted by atomic mass is 79.9. The van der Waals surface area contributed by atoms with E-state index < -0.39 is 0 Å². The van der Waals surface area contributed by atoms with Crippen molar-refractivity contribution in [2.75, 3.05) is 43.6 Å². The van der Waals surface area contributed by atoms with E-state index in [4.69, 9.17) is 17.0 Å². The van der Waals surface area contributed by atoms with Crippen LogP contribution in [0.2, 0.25) is 0 Å². The number of hydrogen-bond acceptors (Lipinski definition) is 3. The maximum atomic E-state index is 5.51.